The largest absolute Gasteiger partial charge is 0.480 e. The SMILES string of the molecule is CC(SCc1ncc(-c2ccc(Cl)cc2)o1)C(=O)N[C@@H](C(=O)O)C(C)C. The summed E-state index contributed by atoms with van der Waals surface area (Å²) in [4.78, 5) is 27.6. The van der Waals surface area contributed by atoms with Crippen LogP contribution in [0.5, 0.6) is 0 Å². The lowest BCUT2D eigenvalue weighted by atomic mass is 10.0. The number of benzene rings is 1. The molecule has 0 fully saturated rings. The van der Waals surface area contributed by atoms with E-state index in [1.807, 2.05) is 12.1 Å². The Morgan fingerprint density at radius 2 is 1.92 bits per heavy atom. The molecular weight excluding hydrogens is 376 g/mol. The Morgan fingerprint density at radius 1 is 1.27 bits per heavy atom. The maximum atomic E-state index is 12.2. The van der Waals surface area contributed by atoms with Gasteiger partial charge >= 0.3 is 5.97 Å². The molecule has 0 radical (unpaired) electrons. The molecule has 1 amide bonds. The van der Waals surface area contributed by atoms with Crippen molar-refractivity contribution in [2.45, 2.75) is 37.8 Å². The molecule has 0 aliphatic carbocycles. The van der Waals surface area contributed by atoms with Crippen LogP contribution in [0.25, 0.3) is 11.3 Å². The van der Waals surface area contributed by atoms with E-state index in [9.17, 15) is 9.59 Å². The Bertz CT molecular complexity index is 761. The number of amides is 1. The summed E-state index contributed by atoms with van der Waals surface area (Å²) in [5, 5.41) is 11.9. The fourth-order valence-electron chi connectivity index (χ4n) is 2.18. The van der Waals surface area contributed by atoms with Crippen LogP contribution in [-0.4, -0.2) is 33.3 Å². The zero-order valence-electron chi connectivity index (χ0n) is 14.7. The molecule has 8 heteroatoms. The molecule has 0 spiro atoms. The van der Waals surface area contributed by atoms with Crippen LogP contribution in [0.4, 0.5) is 0 Å². The van der Waals surface area contributed by atoms with Gasteiger partial charge in [-0.25, -0.2) is 9.78 Å². The van der Waals surface area contributed by atoms with Crippen LogP contribution in [0.3, 0.4) is 0 Å². The highest BCUT2D eigenvalue weighted by Crippen LogP contribution is 2.25. The quantitative estimate of drug-likeness (QED) is 0.704. The van der Waals surface area contributed by atoms with Crippen LogP contribution in [0.2, 0.25) is 5.02 Å². The zero-order valence-corrected chi connectivity index (χ0v) is 16.3. The van der Waals surface area contributed by atoms with E-state index in [4.69, 9.17) is 21.1 Å². The lowest BCUT2D eigenvalue weighted by molar-refractivity contribution is -0.143. The number of carbonyl (C=O) groups excluding carboxylic acids is 1. The summed E-state index contributed by atoms with van der Waals surface area (Å²) >= 11 is 7.20. The minimum atomic E-state index is -1.04. The molecule has 2 atom stereocenters. The molecule has 2 rings (SSSR count). The third-order valence-electron chi connectivity index (χ3n) is 3.74. The van der Waals surface area contributed by atoms with Crippen molar-refractivity contribution >= 4 is 35.2 Å². The molecule has 1 heterocycles. The van der Waals surface area contributed by atoms with Crippen molar-refractivity contribution in [1.82, 2.24) is 10.3 Å². The van der Waals surface area contributed by atoms with Crippen molar-refractivity contribution in [3.05, 3.63) is 41.4 Å². The summed E-state index contributed by atoms with van der Waals surface area (Å²) in [5.74, 6) is -0.0196. The Hall–Kier alpha value is -1.99. The number of hydrogen-bond donors (Lipinski definition) is 2. The second-order valence-corrected chi connectivity index (χ2v) is 7.91. The van der Waals surface area contributed by atoms with Gasteiger partial charge in [0.1, 0.15) is 6.04 Å². The van der Waals surface area contributed by atoms with Crippen molar-refractivity contribution in [2.24, 2.45) is 5.92 Å². The number of nitrogens with one attached hydrogen (secondary N) is 1. The minimum Gasteiger partial charge on any atom is -0.480 e. The van der Waals surface area contributed by atoms with Crippen LogP contribution in [0, 0.1) is 5.92 Å². The highest BCUT2D eigenvalue weighted by molar-refractivity contribution is 7.99. The van der Waals surface area contributed by atoms with Crippen LogP contribution in [-0.2, 0) is 15.3 Å². The predicted octanol–water partition coefficient (Wildman–Crippen LogP) is 3.84. The summed E-state index contributed by atoms with van der Waals surface area (Å²) in [6.45, 7) is 5.23. The van der Waals surface area contributed by atoms with Crippen LogP contribution < -0.4 is 5.32 Å². The van der Waals surface area contributed by atoms with Gasteiger partial charge in [0.25, 0.3) is 0 Å². The first-order chi connectivity index (χ1) is 12.3. The van der Waals surface area contributed by atoms with Gasteiger partial charge in [-0.2, -0.15) is 0 Å². The van der Waals surface area contributed by atoms with Crippen molar-refractivity contribution in [3.63, 3.8) is 0 Å². The van der Waals surface area contributed by atoms with Crippen molar-refractivity contribution in [3.8, 4) is 11.3 Å². The molecule has 1 aromatic carbocycles. The van der Waals surface area contributed by atoms with E-state index in [0.717, 1.165) is 5.56 Å². The number of thioether (sulfide) groups is 1. The number of rotatable bonds is 8. The highest BCUT2D eigenvalue weighted by atomic mass is 35.5. The number of aliphatic carboxylic acids is 1. The van der Waals surface area contributed by atoms with Gasteiger partial charge in [-0.05, 0) is 37.1 Å². The summed E-state index contributed by atoms with van der Waals surface area (Å²) < 4.78 is 5.70. The molecule has 2 N–H and O–H groups in total. The van der Waals surface area contributed by atoms with Crippen molar-refractivity contribution in [2.75, 3.05) is 0 Å². The van der Waals surface area contributed by atoms with Crippen molar-refractivity contribution in [1.29, 1.82) is 0 Å². The van der Waals surface area contributed by atoms with Gasteiger partial charge in [0.05, 0.1) is 17.2 Å². The molecule has 140 valence electrons. The van der Waals surface area contributed by atoms with Gasteiger partial charge in [-0.15, -0.1) is 11.8 Å². The standard InChI is InChI=1S/C18H21ClN2O4S/c1-10(2)16(18(23)24)21-17(22)11(3)26-9-15-20-8-14(25-15)12-4-6-13(19)7-5-12/h4-8,10-11,16H,9H2,1-3H3,(H,21,22)(H,23,24)/t11?,16-/m1/s1. The molecule has 6 nitrogen and oxygen atoms in total. The first kappa shape index (κ1) is 20.3. The first-order valence-electron chi connectivity index (χ1n) is 8.13. The average Bonchev–Trinajstić information content (AvgIpc) is 3.06. The Morgan fingerprint density at radius 3 is 2.50 bits per heavy atom. The number of carboxylic acids is 1. The number of oxazole rings is 1. The number of carbonyl (C=O) groups is 2. The second kappa shape index (κ2) is 9.09. The van der Waals surface area contributed by atoms with E-state index in [1.165, 1.54) is 11.8 Å². The molecule has 0 saturated carbocycles. The van der Waals surface area contributed by atoms with Gasteiger partial charge in [0.15, 0.2) is 5.76 Å². The molecule has 0 bridgehead atoms. The maximum Gasteiger partial charge on any atom is 0.326 e. The molecule has 0 aliphatic rings. The molecule has 0 saturated heterocycles. The lowest BCUT2D eigenvalue weighted by Crippen LogP contribution is -2.47. The third-order valence-corrected chi connectivity index (χ3v) is 5.12. The zero-order chi connectivity index (χ0) is 19.3. The van der Waals surface area contributed by atoms with E-state index in [2.05, 4.69) is 10.3 Å². The van der Waals surface area contributed by atoms with Gasteiger partial charge in [-0.1, -0.05) is 25.4 Å². The number of carboxylic acid groups (broad SMARTS) is 1. The van der Waals surface area contributed by atoms with Crippen LogP contribution in [0.1, 0.15) is 26.7 Å². The second-order valence-electron chi connectivity index (χ2n) is 6.15. The third kappa shape index (κ3) is 5.51. The normalized spacial score (nSPS) is 13.4. The lowest BCUT2D eigenvalue weighted by Gasteiger charge is -2.20. The Labute approximate surface area is 161 Å². The van der Waals surface area contributed by atoms with E-state index in [-0.39, 0.29) is 11.8 Å². The molecule has 1 aromatic heterocycles. The van der Waals surface area contributed by atoms with Crippen LogP contribution in [0.15, 0.2) is 34.9 Å². The minimum absolute atomic E-state index is 0.192. The summed E-state index contributed by atoms with van der Waals surface area (Å²) in [6.07, 6.45) is 1.63. The van der Waals surface area contributed by atoms with Gasteiger partial charge in [0, 0.05) is 10.6 Å². The Kier molecular flexibility index (Phi) is 7.11. The number of hydrogen-bond acceptors (Lipinski definition) is 5. The summed E-state index contributed by atoms with van der Waals surface area (Å²) in [5.41, 5.74) is 0.866. The van der Waals surface area contributed by atoms with E-state index in [1.54, 1.807) is 39.1 Å². The molecule has 0 aliphatic heterocycles. The number of halogens is 1. The average molecular weight is 397 g/mol. The van der Waals surface area contributed by atoms with Gasteiger partial charge < -0.3 is 14.8 Å². The maximum absolute atomic E-state index is 12.2. The van der Waals surface area contributed by atoms with Gasteiger partial charge in [-0.3, -0.25) is 4.79 Å². The number of aromatic nitrogens is 1. The molecular formula is C18H21ClN2O4S. The summed E-state index contributed by atoms with van der Waals surface area (Å²) in [7, 11) is 0. The molecule has 2 aromatic rings. The molecule has 26 heavy (non-hydrogen) atoms. The monoisotopic (exact) mass is 396 g/mol. The Balaban J connectivity index is 1.91. The van der Waals surface area contributed by atoms with E-state index in [0.29, 0.717) is 22.4 Å². The predicted molar refractivity (Wildman–Crippen MR) is 102 cm³/mol. The smallest absolute Gasteiger partial charge is 0.326 e. The van der Waals surface area contributed by atoms with Crippen LogP contribution >= 0.6 is 23.4 Å². The fraction of sp³-hybridized carbons (Fsp3) is 0.389. The summed E-state index contributed by atoms with van der Waals surface area (Å²) in [6, 6.07) is 6.33. The van der Waals surface area contributed by atoms with E-state index >= 15 is 0 Å². The van der Waals surface area contributed by atoms with Crippen molar-refractivity contribution < 1.29 is 19.1 Å². The fourth-order valence-corrected chi connectivity index (χ4v) is 3.05. The van der Waals surface area contributed by atoms with Gasteiger partial charge in [0.2, 0.25) is 11.8 Å². The van der Waals surface area contributed by atoms with E-state index < -0.39 is 17.3 Å². The topological polar surface area (TPSA) is 92.4 Å². The highest BCUT2D eigenvalue weighted by Gasteiger charge is 2.26. The molecule has 1 unspecified atom stereocenters. The number of nitrogens with zero attached hydrogens (tertiary/aromatic N) is 1. The first-order valence-corrected chi connectivity index (χ1v) is 9.56.